The van der Waals surface area contributed by atoms with Crippen LogP contribution < -0.4 is 0 Å². The Labute approximate surface area is 121 Å². The van der Waals surface area contributed by atoms with Gasteiger partial charge in [-0.3, -0.25) is 0 Å². The quantitative estimate of drug-likeness (QED) is 0.568. The van der Waals surface area contributed by atoms with Gasteiger partial charge in [0.1, 0.15) is 0 Å². The van der Waals surface area contributed by atoms with E-state index in [1.165, 1.54) is 0 Å². The first-order valence-corrected chi connectivity index (χ1v) is 6.51. The number of benzene rings is 1. The lowest BCUT2D eigenvalue weighted by molar-refractivity contribution is 1.12. The molecule has 0 bridgehead atoms. The maximum atomic E-state index is 6.10. The van der Waals surface area contributed by atoms with E-state index in [0.717, 1.165) is 9.86 Å². The van der Waals surface area contributed by atoms with Crippen molar-refractivity contribution in [3.8, 4) is 0 Å². The number of pyridine rings is 1. The second kappa shape index (κ2) is 4.51. The fraction of sp³-hybridized carbons (Fsp3) is 0.100. The molecule has 2 rings (SSSR count). The molecule has 0 amide bonds. The lowest BCUT2D eigenvalue weighted by Gasteiger charge is -2.12. The predicted molar refractivity (Wildman–Crippen MR) is 73.7 cm³/mol. The summed E-state index contributed by atoms with van der Waals surface area (Å²) in [5.74, 6) is 0. The molecule has 0 atom stereocenters. The zero-order valence-electron chi connectivity index (χ0n) is 7.65. The Kier molecular flexibility index (Phi) is 3.58. The van der Waals surface area contributed by atoms with Gasteiger partial charge in [0.15, 0.2) is 0 Å². The summed E-state index contributed by atoms with van der Waals surface area (Å²) in [7, 11) is 0. The molecule has 0 radical (unpaired) electrons. The van der Waals surface area contributed by atoms with Crippen LogP contribution >= 0.6 is 62.3 Å². The zero-order valence-corrected chi connectivity index (χ0v) is 12.3. The number of alkyl halides is 3. The topological polar surface area (TPSA) is 12.9 Å². The molecule has 1 heterocycles. The SMILES string of the molecule is Clc1cc(C(Cl)(Cl)Cl)nc2ccc(Br)cc12. The van der Waals surface area contributed by atoms with Gasteiger partial charge in [-0.2, -0.15) is 0 Å². The lowest BCUT2D eigenvalue weighted by atomic mass is 10.2. The second-order valence-electron chi connectivity index (χ2n) is 3.15. The average Bonchev–Trinajstić information content (AvgIpc) is 2.17. The third kappa shape index (κ3) is 2.57. The summed E-state index contributed by atoms with van der Waals surface area (Å²) in [4.78, 5) is 4.25. The van der Waals surface area contributed by atoms with Gasteiger partial charge in [-0.1, -0.05) is 62.3 Å². The third-order valence-corrected chi connectivity index (χ3v) is 3.40. The Bertz CT molecular complexity index is 550. The van der Waals surface area contributed by atoms with Crippen LogP contribution in [-0.2, 0) is 3.79 Å². The molecule has 0 saturated carbocycles. The average molecular weight is 360 g/mol. The highest BCUT2D eigenvalue weighted by atomic mass is 79.9. The third-order valence-electron chi connectivity index (χ3n) is 2.01. The smallest absolute Gasteiger partial charge is 0.232 e. The fourth-order valence-electron chi connectivity index (χ4n) is 1.30. The van der Waals surface area contributed by atoms with Gasteiger partial charge in [-0.25, -0.2) is 4.98 Å². The number of fused-ring (bicyclic) bond motifs is 1. The van der Waals surface area contributed by atoms with Crippen LogP contribution in [0, 0.1) is 0 Å². The minimum Gasteiger partial charge on any atom is -0.248 e. The monoisotopic (exact) mass is 357 g/mol. The summed E-state index contributed by atoms with van der Waals surface area (Å²) in [5, 5.41) is 1.32. The van der Waals surface area contributed by atoms with Gasteiger partial charge in [0.25, 0.3) is 0 Å². The largest absolute Gasteiger partial charge is 0.248 e. The summed E-state index contributed by atoms with van der Waals surface area (Å²) in [6.45, 7) is 0. The van der Waals surface area contributed by atoms with E-state index in [1.807, 2.05) is 18.2 Å². The number of hydrogen-bond acceptors (Lipinski definition) is 1. The Morgan fingerprint density at radius 2 is 1.81 bits per heavy atom. The summed E-state index contributed by atoms with van der Waals surface area (Å²) in [5.41, 5.74) is 1.01. The predicted octanol–water partition coefficient (Wildman–Crippen LogP) is 5.48. The van der Waals surface area contributed by atoms with Crippen molar-refractivity contribution in [3.05, 3.63) is 39.5 Å². The summed E-state index contributed by atoms with van der Waals surface area (Å²) < 4.78 is -0.643. The van der Waals surface area contributed by atoms with Crippen LogP contribution in [0.15, 0.2) is 28.7 Å². The molecular weight excluding hydrogens is 356 g/mol. The van der Waals surface area contributed by atoms with Gasteiger partial charge in [-0.05, 0) is 24.3 Å². The van der Waals surface area contributed by atoms with Crippen molar-refractivity contribution in [1.29, 1.82) is 0 Å². The molecule has 0 aliphatic carbocycles. The summed E-state index contributed by atoms with van der Waals surface area (Å²) >= 11 is 26.8. The van der Waals surface area contributed by atoms with Crippen molar-refractivity contribution in [3.63, 3.8) is 0 Å². The van der Waals surface area contributed by atoms with Crippen LogP contribution in [-0.4, -0.2) is 4.98 Å². The molecule has 1 aromatic heterocycles. The number of aromatic nitrogens is 1. The van der Waals surface area contributed by atoms with Crippen molar-refractivity contribution in [2.75, 3.05) is 0 Å². The first-order chi connectivity index (χ1) is 7.38. The van der Waals surface area contributed by atoms with Crippen LogP contribution in [0.2, 0.25) is 5.02 Å². The van der Waals surface area contributed by atoms with Gasteiger partial charge < -0.3 is 0 Å². The van der Waals surface area contributed by atoms with Crippen molar-refractivity contribution in [1.82, 2.24) is 4.98 Å². The Morgan fingerprint density at radius 1 is 1.12 bits per heavy atom. The summed E-state index contributed by atoms with van der Waals surface area (Å²) in [6, 6.07) is 7.09. The fourth-order valence-corrected chi connectivity index (χ4v) is 2.21. The van der Waals surface area contributed by atoms with Crippen LogP contribution in [0.1, 0.15) is 5.69 Å². The molecular formula is C10H4BrCl4N. The normalized spacial score (nSPS) is 12.1. The highest BCUT2D eigenvalue weighted by molar-refractivity contribution is 9.10. The van der Waals surface area contributed by atoms with Gasteiger partial charge in [-0.15, -0.1) is 0 Å². The van der Waals surface area contributed by atoms with Crippen molar-refractivity contribution < 1.29 is 0 Å². The maximum Gasteiger partial charge on any atom is 0.232 e. The molecule has 1 aromatic carbocycles. The van der Waals surface area contributed by atoms with Crippen LogP contribution in [0.5, 0.6) is 0 Å². The number of nitrogens with zero attached hydrogens (tertiary/aromatic N) is 1. The number of rotatable bonds is 0. The van der Waals surface area contributed by atoms with Gasteiger partial charge >= 0.3 is 0 Å². The van der Waals surface area contributed by atoms with E-state index in [9.17, 15) is 0 Å². The van der Waals surface area contributed by atoms with Crippen LogP contribution in [0.3, 0.4) is 0 Å². The standard InChI is InChI=1S/C10H4BrCl4N/c11-5-1-2-8-6(3-5)7(12)4-9(16-8)10(13,14)15/h1-4H. The van der Waals surface area contributed by atoms with Gasteiger partial charge in [0, 0.05) is 9.86 Å². The van der Waals surface area contributed by atoms with Crippen LogP contribution in [0.25, 0.3) is 10.9 Å². The molecule has 0 aliphatic heterocycles. The lowest BCUT2D eigenvalue weighted by Crippen LogP contribution is -2.03. The number of hydrogen-bond donors (Lipinski definition) is 0. The van der Waals surface area contributed by atoms with Crippen molar-refractivity contribution in [2.24, 2.45) is 0 Å². The van der Waals surface area contributed by atoms with Crippen molar-refractivity contribution in [2.45, 2.75) is 3.79 Å². The molecule has 84 valence electrons. The number of halogens is 5. The molecule has 0 fully saturated rings. The van der Waals surface area contributed by atoms with E-state index < -0.39 is 3.79 Å². The molecule has 0 unspecified atom stereocenters. The molecule has 6 heteroatoms. The highest BCUT2D eigenvalue weighted by Gasteiger charge is 2.25. The molecule has 0 aliphatic rings. The summed E-state index contributed by atoms with van der Waals surface area (Å²) in [6.07, 6.45) is 0. The van der Waals surface area contributed by atoms with E-state index in [-0.39, 0.29) is 0 Å². The van der Waals surface area contributed by atoms with Gasteiger partial charge in [0.2, 0.25) is 3.79 Å². The highest BCUT2D eigenvalue weighted by Crippen LogP contribution is 2.39. The Morgan fingerprint density at radius 3 is 2.44 bits per heavy atom. The maximum absolute atomic E-state index is 6.10. The first-order valence-electron chi connectivity index (χ1n) is 4.21. The Hall–Kier alpha value is 0.270. The van der Waals surface area contributed by atoms with E-state index in [1.54, 1.807) is 6.07 Å². The van der Waals surface area contributed by atoms with E-state index in [0.29, 0.717) is 16.2 Å². The Balaban J connectivity index is 2.74. The van der Waals surface area contributed by atoms with Gasteiger partial charge in [0.05, 0.1) is 16.2 Å². The second-order valence-corrected chi connectivity index (χ2v) is 6.75. The zero-order chi connectivity index (χ0) is 11.9. The van der Waals surface area contributed by atoms with E-state index in [2.05, 4.69) is 20.9 Å². The molecule has 2 aromatic rings. The molecule has 0 saturated heterocycles. The minimum absolute atomic E-state index is 0.317. The first kappa shape index (κ1) is 12.7. The minimum atomic E-state index is -1.56. The van der Waals surface area contributed by atoms with Crippen LogP contribution in [0.4, 0.5) is 0 Å². The van der Waals surface area contributed by atoms with E-state index in [4.69, 9.17) is 46.4 Å². The molecule has 16 heavy (non-hydrogen) atoms. The molecule has 0 N–H and O–H groups in total. The van der Waals surface area contributed by atoms with Crippen molar-refractivity contribution >= 4 is 73.2 Å². The molecule has 0 spiro atoms. The van der Waals surface area contributed by atoms with E-state index >= 15 is 0 Å². The molecule has 1 nitrogen and oxygen atoms in total.